The molecule has 0 radical (unpaired) electrons. The van der Waals surface area contributed by atoms with E-state index in [4.69, 9.17) is 0 Å². The van der Waals surface area contributed by atoms with Gasteiger partial charge in [-0.3, -0.25) is 0 Å². The van der Waals surface area contributed by atoms with E-state index in [1.807, 2.05) is 6.08 Å². The highest BCUT2D eigenvalue weighted by Crippen LogP contribution is 2.08. The normalized spacial score (nSPS) is 9.12. The summed E-state index contributed by atoms with van der Waals surface area (Å²) in [4.78, 5) is 0. The predicted molar refractivity (Wildman–Crippen MR) is 45.5 cm³/mol. The van der Waals surface area contributed by atoms with E-state index in [1.54, 1.807) is 10.8 Å². The van der Waals surface area contributed by atoms with Crippen LogP contribution in [0.25, 0.3) is 0 Å². The zero-order chi connectivity index (χ0) is 6.24. The fourth-order valence-electron chi connectivity index (χ4n) is 0.455. The average molecular weight is 148 g/mol. The van der Waals surface area contributed by atoms with Crippen molar-refractivity contribution in [3.63, 3.8) is 0 Å². The Morgan fingerprint density at radius 3 is 2.75 bits per heavy atom. The molecule has 48 valence electrons. The first kappa shape index (κ1) is 8.44. The summed E-state index contributed by atoms with van der Waals surface area (Å²) in [6, 6.07) is 0. The van der Waals surface area contributed by atoms with Crippen LogP contribution >= 0.6 is 22.5 Å². The zero-order valence-corrected chi connectivity index (χ0v) is 6.68. The maximum atomic E-state index is 4.01. The number of unbranched alkanes of at least 4 members (excludes halogenated alkanes) is 2. The molecule has 0 aliphatic carbocycles. The van der Waals surface area contributed by atoms with Gasteiger partial charge in [0.1, 0.15) is 0 Å². The Bertz CT molecular complexity index is 52.5. The smallest absolute Gasteiger partial charge is 0.00346 e. The minimum Gasteiger partial charge on any atom is -0.111 e. The highest BCUT2D eigenvalue weighted by atomic mass is 33.1. The van der Waals surface area contributed by atoms with E-state index < -0.39 is 0 Å². The lowest BCUT2D eigenvalue weighted by atomic mass is 10.2. The van der Waals surface area contributed by atoms with Crippen molar-refractivity contribution >= 4 is 22.5 Å². The maximum absolute atomic E-state index is 4.01. The van der Waals surface area contributed by atoms with Crippen LogP contribution in [-0.2, 0) is 0 Å². The standard InChI is InChI=1S/C6H12S2/c1-2-3-4-5-6-8-7/h2,7H,1,3-6H2. The number of rotatable bonds is 5. The molecular formula is C6H12S2. The molecule has 0 N–H and O–H groups in total. The third kappa shape index (κ3) is 6.44. The molecule has 2 heteroatoms. The van der Waals surface area contributed by atoms with Gasteiger partial charge in [-0.15, -0.1) is 18.2 Å². The average Bonchev–Trinajstić information content (AvgIpc) is 1.81. The Kier molecular flexibility index (Phi) is 7.85. The lowest BCUT2D eigenvalue weighted by molar-refractivity contribution is 0.825. The molecule has 0 rings (SSSR count). The van der Waals surface area contributed by atoms with Crippen molar-refractivity contribution in [2.45, 2.75) is 19.3 Å². The first-order valence-corrected chi connectivity index (χ1v) is 4.83. The van der Waals surface area contributed by atoms with Gasteiger partial charge in [-0.05, 0) is 19.3 Å². The summed E-state index contributed by atoms with van der Waals surface area (Å²) >= 11 is 4.01. The molecule has 0 saturated carbocycles. The van der Waals surface area contributed by atoms with Crippen molar-refractivity contribution in [2.24, 2.45) is 0 Å². The van der Waals surface area contributed by atoms with Crippen LogP contribution in [0, 0.1) is 0 Å². The second kappa shape index (κ2) is 7.44. The van der Waals surface area contributed by atoms with E-state index >= 15 is 0 Å². The van der Waals surface area contributed by atoms with Crippen molar-refractivity contribution in [1.29, 1.82) is 0 Å². The highest BCUT2D eigenvalue weighted by Gasteiger charge is 1.82. The summed E-state index contributed by atoms with van der Waals surface area (Å²) in [6.07, 6.45) is 5.63. The van der Waals surface area contributed by atoms with Gasteiger partial charge in [0.25, 0.3) is 0 Å². The summed E-state index contributed by atoms with van der Waals surface area (Å²) in [5.74, 6) is 1.16. The quantitative estimate of drug-likeness (QED) is 0.271. The monoisotopic (exact) mass is 148 g/mol. The predicted octanol–water partition coefficient (Wildman–Crippen LogP) is 2.92. The number of hydrogen-bond acceptors (Lipinski definition) is 2. The van der Waals surface area contributed by atoms with E-state index in [0.29, 0.717) is 0 Å². The molecule has 0 aromatic carbocycles. The molecule has 0 aliphatic heterocycles. The van der Waals surface area contributed by atoms with Gasteiger partial charge in [-0.2, -0.15) is 0 Å². The van der Waals surface area contributed by atoms with E-state index in [9.17, 15) is 0 Å². The minimum absolute atomic E-state index is 1.15. The van der Waals surface area contributed by atoms with Crippen molar-refractivity contribution in [2.75, 3.05) is 5.75 Å². The molecule has 0 amide bonds. The van der Waals surface area contributed by atoms with E-state index in [-0.39, 0.29) is 0 Å². The fraction of sp³-hybridized carbons (Fsp3) is 0.667. The fourth-order valence-corrected chi connectivity index (χ4v) is 1.18. The van der Waals surface area contributed by atoms with Crippen molar-refractivity contribution < 1.29 is 0 Å². The van der Waals surface area contributed by atoms with Crippen molar-refractivity contribution in [1.82, 2.24) is 0 Å². The van der Waals surface area contributed by atoms with Gasteiger partial charge in [0.05, 0.1) is 0 Å². The summed E-state index contributed by atoms with van der Waals surface area (Å²) in [5, 5.41) is 0. The summed E-state index contributed by atoms with van der Waals surface area (Å²) in [6.45, 7) is 3.63. The molecule has 0 saturated heterocycles. The topological polar surface area (TPSA) is 0 Å². The molecule has 0 nitrogen and oxygen atoms in total. The minimum atomic E-state index is 1.15. The van der Waals surface area contributed by atoms with Gasteiger partial charge in [0, 0.05) is 5.75 Å². The third-order valence-electron chi connectivity index (χ3n) is 0.894. The molecular weight excluding hydrogens is 136 g/mol. The largest absolute Gasteiger partial charge is 0.111 e. The Morgan fingerprint density at radius 2 is 2.25 bits per heavy atom. The molecule has 0 aliphatic rings. The first-order chi connectivity index (χ1) is 3.91. The Hall–Kier alpha value is 0.440. The lowest BCUT2D eigenvalue weighted by Gasteiger charge is -1.91. The van der Waals surface area contributed by atoms with Crippen LogP contribution in [0.5, 0.6) is 0 Å². The lowest BCUT2D eigenvalue weighted by Crippen LogP contribution is -1.74. The van der Waals surface area contributed by atoms with Crippen molar-refractivity contribution in [3.05, 3.63) is 12.7 Å². The van der Waals surface area contributed by atoms with Crippen molar-refractivity contribution in [3.8, 4) is 0 Å². The van der Waals surface area contributed by atoms with E-state index in [0.717, 1.165) is 12.2 Å². The molecule has 0 fully saturated rings. The van der Waals surface area contributed by atoms with Crippen LogP contribution in [-0.4, -0.2) is 5.75 Å². The van der Waals surface area contributed by atoms with Gasteiger partial charge in [0.15, 0.2) is 0 Å². The second-order valence-corrected chi connectivity index (χ2v) is 3.06. The summed E-state index contributed by atoms with van der Waals surface area (Å²) in [7, 11) is 1.61. The molecule has 0 aromatic heterocycles. The molecule has 0 heterocycles. The number of hydrogen-bond donors (Lipinski definition) is 1. The van der Waals surface area contributed by atoms with Crippen LogP contribution < -0.4 is 0 Å². The molecule has 0 aromatic rings. The maximum Gasteiger partial charge on any atom is 0.00346 e. The first-order valence-electron chi connectivity index (χ1n) is 2.79. The second-order valence-electron chi connectivity index (χ2n) is 1.62. The van der Waals surface area contributed by atoms with Crippen LogP contribution in [0.2, 0.25) is 0 Å². The molecule has 0 spiro atoms. The van der Waals surface area contributed by atoms with Gasteiger partial charge in [-0.25, -0.2) is 0 Å². The van der Waals surface area contributed by atoms with E-state index in [1.165, 1.54) is 12.8 Å². The highest BCUT2D eigenvalue weighted by molar-refractivity contribution is 8.68. The Labute approximate surface area is 60.6 Å². The molecule has 0 unspecified atom stereocenters. The Balaban J connectivity index is 2.62. The van der Waals surface area contributed by atoms with Gasteiger partial charge in [0.2, 0.25) is 0 Å². The van der Waals surface area contributed by atoms with Gasteiger partial charge in [-0.1, -0.05) is 16.9 Å². The summed E-state index contributed by atoms with van der Waals surface area (Å²) in [5.41, 5.74) is 0. The molecule has 0 atom stereocenters. The van der Waals surface area contributed by atoms with Crippen LogP contribution in [0.3, 0.4) is 0 Å². The molecule has 8 heavy (non-hydrogen) atoms. The van der Waals surface area contributed by atoms with Gasteiger partial charge < -0.3 is 0 Å². The zero-order valence-electron chi connectivity index (χ0n) is 4.97. The number of allylic oxidation sites excluding steroid dienone is 1. The SMILES string of the molecule is C=CCCCCSS. The van der Waals surface area contributed by atoms with Gasteiger partial charge >= 0.3 is 0 Å². The van der Waals surface area contributed by atoms with E-state index in [2.05, 4.69) is 18.2 Å². The van der Waals surface area contributed by atoms with Crippen LogP contribution in [0.4, 0.5) is 0 Å². The summed E-state index contributed by atoms with van der Waals surface area (Å²) < 4.78 is 0. The number of thiol groups is 1. The third-order valence-corrected chi connectivity index (χ3v) is 1.91. The van der Waals surface area contributed by atoms with Crippen LogP contribution in [0.15, 0.2) is 12.7 Å². The molecule has 0 bridgehead atoms. The van der Waals surface area contributed by atoms with Crippen LogP contribution in [0.1, 0.15) is 19.3 Å². The Morgan fingerprint density at radius 1 is 1.50 bits per heavy atom.